The Morgan fingerprint density at radius 1 is 0.871 bits per heavy atom. The largest absolute Gasteiger partial charge is 0.481 e. The van der Waals surface area contributed by atoms with Crippen LogP contribution in [0.1, 0.15) is 20.3 Å². The van der Waals surface area contributed by atoms with Crippen LogP contribution in [-0.4, -0.2) is 41.5 Å². The zero-order chi connectivity index (χ0) is 22.6. The van der Waals surface area contributed by atoms with Gasteiger partial charge in [-0.25, -0.2) is 18.4 Å². The Bertz CT molecular complexity index is 1280. The van der Waals surface area contributed by atoms with Crippen LogP contribution in [0.5, 0.6) is 0 Å². The van der Waals surface area contributed by atoms with Crippen LogP contribution >= 0.6 is 0 Å². The van der Waals surface area contributed by atoms with Crippen LogP contribution in [0.2, 0.25) is 0 Å². The zero-order valence-corrected chi connectivity index (χ0v) is 18.5. The van der Waals surface area contributed by atoms with Gasteiger partial charge in [0, 0.05) is 35.4 Å². The summed E-state index contributed by atoms with van der Waals surface area (Å²) in [5.74, 6) is -0.521. The number of carbonyl (C=O) groups is 1. The zero-order valence-electron chi connectivity index (χ0n) is 17.7. The second-order valence-corrected chi connectivity index (χ2v) is 9.53. The molecule has 160 valence electrons. The fraction of sp³-hybridized carbons (Fsp3) is 0.208. The van der Waals surface area contributed by atoms with E-state index in [-0.39, 0.29) is 0 Å². The van der Waals surface area contributed by atoms with Crippen LogP contribution in [0.25, 0.3) is 44.3 Å². The van der Waals surface area contributed by atoms with E-state index in [2.05, 4.69) is 36.4 Å². The molecule has 31 heavy (non-hydrogen) atoms. The summed E-state index contributed by atoms with van der Waals surface area (Å²) in [7, 11) is -2.67. The fourth-order valence-corrected chi connectivity index (χ4v) is 4.22. The van der Waals surface area contributed by atoms with Crippen molar-refractivity contribution in [1.29, 1.82) is 0 Å². The van der Waals surface area contributed by atoms with Gasteiger partial charge in [-0.1, -0.05) is 55.5 Å². The molecule has 6 nitrogen and oxygen atoms in total. The van der Waals surface area contributed by atoms with Gasteiger partial charge >= 0.3 is 0 Å². The van der Waals surface area contributed by atoms with Crippen LogP contribution in [-0.2, 0) is 14.6 Å². The maximum atomic E-state index is 10.2. The van der Waals surface area contributed by atoms with E-state index in [0.717, 1.165) is 35.8 Å². The molecular weight excluding hydrogens is 412 g/mol. The first-order chi connectivity index (χ1) is 14.7. The van der Waals surface area contributed by atoms with E-state index in [1.54, 1.807) is 0 Å². The smallest absolute Gasteiger partial charge is 0.300 e. The Labute approximate surface area is 181 Å². The maximum Gasteiger partial charge on any atom is 0.300 e. The van der Waals surface area contributed by atoms with Gasteiger partial charge in [-0.3, -0.25) is 4.79 Å². The lowest BCUT2D eigenvalue weighted by Gasteiger charge is -2.02. The molecule has 4 aromatic rings. The SMILES string of the molecule is CC(=O)O.CCCS(C)(=O)=O.c1cc2c3c(cccc3c1)-c1nc3ccccc3nc1-2. The molecule has 0 spiro atoms. The molecule has 1 aromatic heterocycles. The van der Waals surface area contributed by atoms with Crippen LogP contribution in [0, 0.1) is 0 Å². The predicted octanol–water partition coefficient (Wildman–Crippen LogP) is 4.96. The van der Waals surface area contributed by atoms with E-state index in [9.17, 15) is 8.42 Å². The molecule has 0 amide bonds. The van der Waals surface area contributed by atoms with Gasteiger partial charge in [0.2, 0.25) is 0 Å². The molecule has 1 aliphatic carbocycles. The predicted molar refractivity (Wildman–Crippen MR) is 125 cm³/mol. The quantitative estimate of drug-likeness (QED) is 0.420. The first-order valence-electron chi connectivity index (χ1n) is 9.87. The number of benzene rings is 3. The summed E-state index contributed by atoms with van der Waals surface area (Å²) >= 11 is 0. The number of aromatic nitrogens is 2. The lowest BCUT2D eigenvalue weighted by Crippen LogP contribution is -2.00. The molecule has 0 saturated carbocycles. The normalized spacial score (nSPS) is 11.2. The third-order valence-corrected chi connectivity index (χ3v) is 5.71. The van der Waals surface area contributed by atoms with E-state index < -0.39 is 15.8 Å². The Morgan fingerprint density at radius 3 is 1.68 bits per heavy atom. The van der Waals surface area contributed by atoms with Crippen LogP contribution in [0.4, 0.5) is 0 Å². The van der Waals surface area contributed by atoms with E-state index in [4.69, 9.17) is 19.9 Å². The Balaban J connectivity index is 0.000000210. The molecule has 1 aliphatic rings. The van der Waals surface area contributed by atoms with Gasteiger partial charge < -0.3 is 5.11 Å². The van der Waals surface area contributed by atoms with Crippen molar-refractivity contribution in [3.05, 3.63) is 60.7 Å². The van der Waals surface area contributed by atoms with Gasteiger partial charge in [-0.15, -0.1) is 0 Å². The second kappa shape index (κ2) is 9.22. The molecule has 1 N–H and O–H groups in total. The van der Waals surface area contributed by atoms with E-state index in [1.807, 2.05) is 31.2 Å². The van der Waals surface area contributed by atoms with Gasteiger partial charge in [-0.05, 0) is 23.9 Å². The van der Waals surface area contributed by atoms with Gasteiger partial charge in [0.05, 0.1) is 22.4 Å². The number of hydrogen-bond donors (Lipinski definition) is 1. The average Bonchev–Trinajstić information content (AvgIpc) is 3.01. The molecular formula is C24H24N2O4S. The summed E-state index contributed by atoms with van der Waals surface area (Å²) in [5.41, 5.74) is 6.33. The van der Waals surface area contributed by atoms with Crippen molar-refractivity contribution >= 4 is 37.6 Å². The molecule has 0 aliphatic heterocycles. The van der Waals surface area contributed by atoms with E-state index in [0.29, 0.717) is 5.75 Å². The topological polar surface area (TPSA) is 97.2 Å². The minimum absolute atomic E-state index is 0.312. The van der Waals surface area contributed by atoms with E-state index >= 15 is 0 Å². The Kier molecular flexibility index (Phi) is 6.65. The number of carboxylic acid groups (broad SMARTS) is 1. The molecule has 7 heteroatoms. The highest BCUT2D eigenvalue weighted by atomic mass is 32.2. The standard InChI is InChI=1S/C18H10N2.C4H10O2S.C2H4O2/c1-2-10-15-14(9-1)19-17-12-7-3-5-11-6-4-8-13(16(11)12)18(17)20-15;1-3-4-7(2,5)6;1-2(3)4/h1-10H;3-4H2,1-2H3;1H3,(H,3,4). The maximum absolute atomic E-state index is 10.2. The van der Waals surface area contributed by atoms with Crippen LogP contribution < -0.4 is 0 Å². The lowest BCUT2D eigenvalue weighted by molar-refractivity contribution is -0.134. The van der Waals surface area contributed by atoms with Gasteiger partial charge in [-0.2, -0.15) is 0 Å². The minimum Gasteiger partial charge on any atom is -0.481 e. The number of rotatable bonds is 2. The number of nitrogens with zero attached hydrogens (tertiary/aromatic N) is 2. The Hall–Kier alpha value is -3.32. The number of para-hydroxylation sites is 2. The highest BCUT2D eigenvalue weighted by Gasteiger charge is 2.23. The number of aliphatic carboxylic acids is 1. The summed E-state index contributed by atoms with van der Waals surface area (Å²) < 4.78 is 20.5. The summed E-state index contributed by atoms with van der Waals surface area (Å²) in [6.45, 7) is 2.93. The molecule has 3 aromatic carbocycles. The molecule has 1 heterocycles. The second-order valence-electron chi connectivity index (χ2n) is 7.27. The highest BCUT2D eigenvalue weighted by Crippen LogP contribution is 2.45. The van der Waals surface area contributed by atoms with Crippen molar-refractivity contribution in [3.63, 3.8) is 0 Å². The average molecular weight is 437 g/mol. The first kappa shape index (κ1) is 22.4. The van der Waals surface area contributed by atoms with Crippen LogP contribution in [0.15, 0.2) is 60.7 Å². The molecule has 0 bridgehead atoms. The third-order valence-electron chi connectivity index (χ3n) is 4.56. The van der Waals surface area contributed by atoms with Gasteiger partial charge in [0.15, 0.2) is 0 Å². The first-order valence-corrected chi connectivity index (χ1v) is 11.9. The molecule has 0 unspecified atom stereocenters. The minimum atomic E-state index is -2.67. The van der Waals surface area contributed by atoms with Crippen molar-refractivity contribution in [2.75, 3.05) is 12.0 Å². The summed E-state index contributed by atoms with van der Waals surface area (Å²) in [4.78, 5) is 18.7. The lowest BCUT2D eigenvalue weighted by atomic mass is 10.0. The fourth-order valence-electron chi connectivity index (χ4n) is 3.48. The number of hydrogen-bond acceptors (Lipinski definition) is 5. The summed E-state index contributed by atoms with van der Waals surface area (Å²) in [5, 5.41) is 9.95. The van der Waals surface area contributed by atoms with Crippen molar-refractivity contribution in [2.45, 2.75) is 20.3 Å². The van der Waals surface area contributed by atoms with E-state index in [1.165, 1.54) is 28.2 Å². The Morgan fingerprint density at radius 2 is 1.32 bits per heavy atom. The monoisotopic (exact) mass is 436 g/mol. The molecule has 0 fully saturated rings. The number of sulfone groups is 1. The van der Waals surface area contributed by atoms with Gasteiger partial charge in [0.25, 0.3) is 5.97 Å². The van der Waals surface area contributed by atoms with Crippen LogP contribution in [0.3, 0.4) is 0 Å². The van der Waals surface area contributed by atoms with Crippen molar-refractivity contribution in [3.8, 4) is 22.5 Å². The molecule has 5 rings (SSSR count). The number of fused-ring (bicyclic) bond motifs is 4. The molecule has 0 atom stereocenters. The van der Waals surface area contributed by atoms with Gasteiger partial charge in [0.1, 0.15) is 9.84 Å². The summed E-state index contributed by atoms with van der Waals surface area (Å²) in [6.07, 6.45) is 1.97. The number of carboxylic acids is 1. The summed E-state index contributed by atoms with van der Waals surface area (Å²) in [6, 6.07) is 20.8. The third kappa shape index (κ3) is 5.24. The molecule has 0 radical (unpaired) electrons. The highest BCUT2D eigenvalue weighted by molar-refractivity contribution is 7.90. The van der Waals surface area contributed by atoms with Crippen molar-refractivity contribution < 1.29 is 18.3 Å². The van der Waals surface area contributed by atoms with Crippen molar-refractivity contribution in [2.24, 2.45) is 0 Å². The molecule has 0 saturated heterocycles. The van der Waals surface area contributed by atoms with Crippen molar-refractivity contribution in [1.82, 2.24) is 9.97 Å².